The van der Waals surface area contributed by atoms with Crippen LogP contribution in [0.3, 0.4) is 0 Å². The zero-order chi connectivity index (χ0) is 19.9. The molecule has 0 aliphatic carbocycles. The molecule has 0 aromatic heterocycles. The molecule has 7 heteroatoms. The fourth-order valence-electron chi connectivity index (χ4n) is 3.12. The minimum atomic E-state index is -2.80. The number of fused-ring (bicyclic) bond motifs is 3. The molecular formula is C20H22I2O5. The summed E-state index contributed by atoms with van der Waals surface area (Å²) in [7, 11) is 0. The first-order valence-corrected chi connectivity index (χ1v) is 14.1. The SMILES string of the molecule is CC(=O)OI1OI(OC(C)=O)c2cc(C)cc(C)c2-c2c(C)cc(C)cc21. The van der Waals surface area contributed by atoms with E-state index >= 15 is 0 Å². The Kier molecular flexibility index (Phi) is 6.11. The summed E-state index contributed by atoms with van der Waals surface area (Å²) in [4.78, 5) is 23.5. The van der Waals surface area contributed by atoms with Gasteiger partial charge in [-0.1, -0.05) is 0 Å². The summed E-state index contributed by atoms with van der Waals surface area (Å²) in [5.74, 6) is -0.745. The van der Waals surface area contributed by atoms with Gasteiger partial charge < -0.3 is 0 Å². The zero-order valence-corrected chi connectivity index (χ0v) is 20.4. The molecule has 2 aromatic rings. The van der Waals surface area contributed by atoms with Gasteiger partial charge >= 0.3 is 177 Å². The van der Waals surface area contributed by atoms with E-state index in [9.17, 15) is 9.59 Å². The molecule has 0 radical (unpaired) electrons. The predicted octanol–water partition coefficient (Wildman–Crippen LogP) is 5.76. The molecule has 0 bridgehead atoms. The molecule has 146 valence electrons. The number of hydrogen-bond donors (Lipinski definition) is 0. The molecule has 27 heavy (non-hydrogen) atoms. The van der Waals surface area contributed by atoms with Crippen LogP contribution in [0.25, 0.3) is 11.1 Å². The van der Waals surface area contributed by atoms with Gasteiger partial charge in [0.05, 0.1) is 0 Å². The van der Waals surface area contributed by atoms with Crippen LogP contribution in [-0.4, -0.2) is 11.9 Å². The number of aryl methyl sites for hydroxylation is 4. The van der Waals surface area contributed by atoms with Crippen molar-refractivity contribution in [2.45, 2.75) is 41.5 Å². The molecule has 0 spiro atoms. The quantitative estimate of drug-likeness (QED) is 0.414. The van der Waals surface area contributed by atoms with Crippen molar-refractivity contribution in [3.8, 4) is 11.1 Å². The van der Waals surface area contributed by atoms with E-state index in [0.29, 0.717) is 0 Å². The molecule has 2 aromatic carbocycles. The third kappa shape index (κ3) is 4.29. The zero-order valence-electron chi connectivity index (χ0n) is 16.1. The Morgan fingerprint density at radius 2 is 1.11 bits per heavy atom. The standard InChI is InChI=1S/C20H22I2O5/c1-11-7-13(3)19-17(9-11)21(25-15(5)23)27-22(26-16(6)24)18-10-12(2)8-14(4)20(18)19/h7-10H,1-6H3. The molecule has 1 heterocycles. The van der Waals surface area contributed by atoms with Crippen LogP contribution >= 0.6 is 41.3 Å². The Morgan fingerprint density at radius 1 is 0.741 bits per heavy atom. The van der Waals surface area contributed by atoms with Crippen LogP contribution in [0.15, 0.2) is 24.3 Å². The number of hydrogen-bond acceptors (Lipinski definition) is 5. The van der Waals surface area contributed by atoms with Crippen LogP contribution < -0.4 is 0 Å². The van der Waals surface area contributed by atoms with E-state index in [1.54, 1.807) is 0 Å². The average molecular weight is 596 g/mol. The van der Waals surface area contributed by atoms with Crippen molar-refractivity contribution in [2.24, 2.45) is 0 Å². The predicted molar refractivity (Wildman–Crippen MR) is 121 cm³/mol. The van der Waals surface area contributed by atoms with Crippen LogP contribution in [0.1, 0.15) is 36.1 Å². The topological polar surface area (TPSA) is 61.8 Å². The molecule has 1 aliphatic rings. The van der Waals surface area contributed by atoms with E-state index in [-0.39, 0.29) is 11.9 Å². The molecule has 3 rings (SSSR count). The Morgan fingerprint density at radius 3 is 1.44 bits per heavy atom. The first-order chi connectivity index (χ1) is 12.7. The summed E-state index contributed by atoms with van der Waals surface area (Å²) in [5, 5.41) is 0. The second kappa shape index (κ2) is 8.04. The Bertz CT molecular complexity index is 863. The van der Waals surface area contributed by atoms with E-state index in [1.165, 1.54) is 13.8 Å². The van der Waals surface area contributed by atoms with Crippen molar-refractivity contribution in [3.63, 3.8) is 0 Å². The molecule has 0 N–H and O–H groups in total. The summed E-state index contributed by atoms with van der Waals surface area (Å²) >= 11 is -5.59. The average Bonchev–Trinajstić information content (AvgIpc) is 2.63. The summed E-state index contributed by atoms with van der Waals surface area (Å²) in [6.45, 7) is 10.9. The van der Waals surface area contributed by atoms with Crippen LogP contribution in [0, 0.1) is 34.8 Å². The normalized spacial score (nSPS) is 15.5. The minimum absolute atomic E-state index is 0.372. The van der Waals surface area contributed by atoms with Crippen LogP contribution in [-0.2, 0) is 17.1 Å². The van der Waals surface area contributed by atoms with Crippen molar-refractivity contribution in [1.29, 1.82) is 0 Å². The summed E-state index contributed by atoms with van der Waals surface area (Å²) in [6, 6.07) is 8.35. The monoisotopic (exact) mass is 596 g/mol. The van der Waals surface area contributed by atoms with Gasteiger partial charge in [0.2, 0.25) is 0 Å². The van der Waals surface area contributed by atoms with Gasteiger partial charge in [0.15, 0.2) is 0 Å². The third-order valence-electron chi connectivity index (χ3n) is 3.91. The Hall–Kier alpha value is -1.20. The summed E-state index contributed by atoms with van der Waals surface area (Å²) in [6.07, 6.45) is 0. The number of benzene rings is 2. The first kappa shape index (κ1) is 20.5. The van der Waals surface area contributed by atoms with Crippen LogP contribution in [0.5, 0.6) is 0 Å². The van der Waals surface area contributed by atoms with Crippen molar-refractivity contribution in [3.05, 3.63) is 53.7 Å². The van der Waals surface area contributed by atoms with E-state index in [1.807, 2.05) is 26.0 Å². The van der Waals surface area contributed by atoms with E-state index in [2.05, 4.69) is 26.0 Å². The van der Waals surface area contributed by atoms with Crippen LogP contribution in [0.2, 0.25) is 0 Å². The van der Waals surface area contributed by atoms with E-state index < -0.39 is 41.3 Å². The maximum atomic E-state index is 11.8. The van der Waals surface area contributed by atoms with Crippen molar-refractivity contribution >= 4 is 53.2 Å². The van der Waals surface area contributed by atoms with Crippen LogP contribution in [0.4, 0.5) is 0 Å². The number of carbonyl (C=O) groups excluding carboxylic acids is 2. The molecule has 1 aliphatic heterocycles. The molecule has 0 atom stereocenters. The van der Waals surface area contributed by atoms with Gasteiger partial charge in [-0.05, 0) is 0 Å². The molecule has 5 nitrogen and oxygen atoms in total. The second-order valence-corrected chi connectivity index (χ2v) is 14.8. The first-order valence-electron chi connectivity index (χ1n) is 8.37. The second-order valence-electron chi connectivity index (χ2n) is 6.51. The van der Waals surface area contributed by atoms with E-state index in [4.69, 9.17) is 7.53 Å². The number of rotatable bonds is 2. The molecule has 0 amide bonds. The van der Waals surface area contributed by atoms with Gasteiger partial charge in [-0.15, -0.1) is 0 Å². The van der Waals surface area contributed by atoms with Gasteiger partial charge in [0, 0.05) is 0 Å². The van der Waals surface area contributed by atoms with E-state index in [0.717, 1.165) is 40.5 Å². The van der Waals surface area contributed by atoms with Crippen molar-refractivity contribution in [2.75, 3.05) is 0 Å². The van der Waals surface area contributed by atoms with Gasteiger partial charge in [-0.25, -0.2) is 0 Å². The maximum absolute atomic E-state index is 11.8. The van der Waals surface area contributed by atoms with Crippen molar-refractivity contribution in [1.82, 2.24) is 0 Å². The Labute approximate surface area is 175 Å². The molecule has 0 fully saturated rings. The Balaban J connectivity index is 2.35. The fraction of sp³-hybridized carbons (Fsp3) is 0.300. The molecular weight excluding hydrogens is 574 g/mol. The van der Waals surface area contributed by atoms with Gasteiger partial charge in [-0.3, -0.25) is 0 Å². The number of halogens is 2. The van der Waals surface area contributed by atoms with Gasteiger partial charge in [0.1, 0.15) is 0 Å². The van der Waals surface area contributed by atoms with Crippen molar-refractivity contribution < 1.29 is 17.1 Å². The molecule has 0 saturated heterocycles. The summed E-state index contributed by atoms with van der Waals surface area (Å²) < 4.78 is 19.6. The van der Waals surface area contributed by atoms with Gasteiger partial charge in [-0.2, -0.15) is 0 Å². The molecule has 0 saturated carbocycles. The number of carbonyl (C=O) groups is 2. The molecule has 0 unspecified atom stereocenters. The third-order valence-corrected chi connectivity index (χ3v) is 14.2. The fourth-order valence-corrected chi connectivity index (χ4v) is 14.4. The summed E-state index contributed by atoms with van der Waals surface area (Å²) in [5.41, 5.74) is 6.52. The van der Waals surface area contributed by atoms with Gasteiger partial charge in [0.25, 0.3) is 0 Å².